The van der Waals surface area contributed by atoms with Crippen molar-refractivity contribution >= 4 is 23.0 Å². The van der Waals surface area contributed by atoms with Crippen molar-refractivity contribution in [3.63, 3.8) is 0 Å². The first kappa shape index (κ1) is 13.9. The van der Waals surface area contributed by atoms with Crippen LogP contribution < -0.4 is 16.0 Å². The van der Waals surface area contributed by atoms with Gasteiger partial charge in [-0.25, -0.2) is 0 Å². The second-order valence-corrected chi connectivity index (χ2v) is 4.92. The van der Waals surface area contributed by atoms with E-state index in [-0.39, 0.29) is 5.91 Å². The van der Waals surface area contributed by atoms with Crippen LogP contribution in [0, 0.1) is 6.92 Å². The number of nitrogens with zero attached hydrogens (tertiary/aromatic N) is 1. The van der Waals surface area contributed by atoms with E-state index in [2.05, 4.69) is 5.32 Å². The molecule has 2 aromatic carbocycles. The van der Waals surface area contributed by atoms with E-state index in [1.54, 1.807) is 18.2 Å². The molecular weight excluding hydrogens is 250 g/mol. The van der Waals surface area contributed by atoms with Gasteiger partial charge in [-0.2, -0.15) is 0 Å². The third-order valence-electron chi connectivity index (χ3n) is 3.26. The number of carbonyl (C=O) groups excluding carboxylic acids is 1. The van der Waals surface area contributed by atoms with E-state index in [0.29, 0.717) is 11.3 Å². The van der Waals surface area contributed by atoms with E-state index in [9.17, 15) is 4.79 Å². The van der Waals surface area contributed by atoms with Gasteiger partial charge in [0.05, 0.1) is 0 Å². The first-order valence-electron chi connectivity index (χ1n) is 6.43. The van der Waals surface area contributed by atoms with Crippen LogP contribution in [0.5, 0.6) is 0 Å². The van der Waals surface area contributed by atoms with Gasteiger partial charge >= 0.3 is 0 Å². The molecule has 0 radical (unpaired) electrons. The summed E-state index contributed by atoms with van der Waals surface area (Å²) in [6.07, 6.45) is 0. The van der Waals surface area contributed by atoms with Gasteiger partial charge in [-0.1, -0.05) is 6.07 Å². The van der Waals surface area contributed by atoms with E-state index in [0.717, 1.165) is 16.9 Å². The SMILES string of the molecule is Cc1c(N)cccc1C(=O)Nc1ccc(N(C)C)cc1. The van der Waals surface area contributed by atoms with E-state index in [1.807, 2.05) is 50.2 Å². The molecule has 4 nitrogen and oxygen atoms in total. The molecule has 0 atom stereocenters. The van der Waals surface area contributed by atoms with Crippen LogP contribution in [0.3, 0.4) is 0 Å². The van der Waals surface area contributed by atoms with Crippen LogP contribution in [-0.2, 0) is 0 Å². The number of amides is 1. The zero-order valence-electron chi connectivity index (χ0n) is 12.0. The smallest absolute Gasteiger partial charge is 0.256 e. The van der Waals surface area contributed by atoms with Crippen LogP contribution in [0.15, 0.2) is 42.5 Å². The highest BCUT2D eigenvalue weighted by Crippen LogP contribution is 2.19. The average Bonchev–Trinajstić information content (AvgIpc) is 2.42. The highest BCUT2D eigenvalue weighted by Gasteiger charge is 2.10. The molecule has 20 heavy (non-hydrogen) atoms. The molecule has 2 aromatic rings. The van der Waals surface area contributed by atoms with Gasteiger partial charge in [-0.05, 0) is 48.9 Å². The molecule has 0 aliphatic carbocycles. The maximum atomic E-state index is 12.2. The number of nitrogens with two attached hydrogens (primary N) is 1. The van der Waals surface area contributed by atoms with Crippen LogP contribution in [0.4, 0.5) is 17.1 Å². The Balaban J connectivity index is 2.17. The quantitative estimate of drug-likeness (QED) is 0.842. The Labute approximate surface area is 119 Å². The predicted molar refractivity (Wildman–Crippen MR) is 84.3 cm³/mol. The Morgan fingerprint density at radius 1 is 1.10 bits per heavy atom. The van der Waals surface area contributed by atoms with Gasteiger partial charge < -0.3 is 16.0 Å². The summed E-state index contributed by atoms with van der Waals surface area (Å²) in [4.78, 5) is 14.2. The maximum absolute atomic E-state index is 12.2. The summed E-state index contributed by atoms with van der Waals surface area (Å²) < 4.78 is 0. The minimum absolute atomic E-state index is 0.146. The first-order valence-corrected chi connectivity index (χ1v) is 6.43. The highest BCUT2D eigenvalue weighted by atomic mass is 16.1. The second kappa shape index (κ2) is 5.65. The number of hydrogen-bond acceptors (Lipinski definition) is 3. The summed E-state index contributed by atoms with van der Waals surface area (Å²) in [6, 6.07) is 13.0. The molecule has 104 valence electrons. The van der Waals surface area contributed by atoms with Crippen LogP contribution in [0.2, 0.25) is 0 Å². The standard InChI is InChI=1S/C16H19N3O/c1-11-14(5-4-6-15(11)17)16(20)18-12-7-9-13(10-8-12)19(2)3/h4-10H,17H2,1-3H3,(H,18,20). The summed E-state index contributed by atoms with van der Waals surface area (Å²) in [5.41, 5.74) is 9.70. The monoisotopic (exact) mass is 269 g/mol. The summed E-state index contributed by atoms with van der Waals surface area (Å²) in [7, 11) is 3.95. The van der Waals surface area contributed by atoms with Crippen molar-refractivity contribution in [3.8, 4) is 0 Å². The molecular formula is C16H19N3O. The number of hydrogen-bond donors (Lipinski definition) is 2. The molecule has 0 aliphatic rings. The number of benzene rings is 2. The number of nitrogens with one attached hydrogen (secondary N) is 1. The lowest BCUT2D eigenvalue weighted by molar-refractivity contribution is 0.102. The van der Waals surface area contributed by atoms with Crippen molar-refractivity contribution in [1.29, 1.82) is 0 Å². The molecule has 0 saturated heterocycles. The van der Waals surface area contributed by atoms with Crippen molar-refractivity contribution in [1.82, 2.24) is 0 Å². The Hall–Kier alpha value is -2.49. The lowest BCUT2D eigenvalue weighted by atomic mass is 10.1. The van der Waals surface area contributed by atoms with Crippen LogP contribution in [-0.4, -0.2) is 20.0 Å². The van der Waals surface area contributed by atoms with Gasteiger partial charge in [-0.3, -0.25) is 4.79 Å². The Morgan fingerprint density at radius 2 is 1.75 bits per heavy atom. The van der Waals surface area contributed by atoms with Crippen LogP contribution in [0.1, 0.15) is 15.9 Å². The molecule has 0 bridgehead atoms. The number of carbonyl (C=O) groups is 1. The molecule has 1 amide bonds. The molecule has 0 heterocycles. The Kier molecular flexibility index (Phi) is 3.94. The van der Waals surface area contributed by atoms with Crippen molar-refractivity contribution in [2.45, 2.75) is 6.92 Å². The fourth-order valence-corrected chi connectivity index (χ4v) is 1.94. The topological polar surface area (TPSA) is 58.4 Å². The molecule has 0 fully saturated rings. The Morgan fingerprint density at radius 3 is 2.35 bits per heavy atom. The van der Waals surface area contributed by atoms with E-state index < -0.39 is 0 Å². The highest BCUT2D eigenvalue weighted by molar-refractivity contribution is 6.06. The van der Waals surface area contributed by atoms with Crippen LogP contribution in [0.25, 0.3) is 0 Å². The minimum Gasteiger partial charge on any atom is -0.398 e. The van der Waals surface area contributed by atoms with Gasteiger partial charge in [0.15, 0.2) is 0 Å². The summed E-state index contributed by atoms with van der Waals surface area (Å²) >= 11 is 0. The molecule has 0 saturated carbocycles. The zero-order chi connectivity index (χ0) is 14.7. The fourth-order valence-electron chi connectivity index (χ4n) is 1.94. The van der Waals surface area contributed by atoms with Gasteiger partial charge in [0.2, 0.25) is 0 Å². The van der Waals surface area contributed by atoms with Crippen LogP contribution >= 0.6 is 0 Å². The predicted octanol–water partition coefficient (Wildman–Crippen LogP) is 2.90. The molecule has 0 aliphatic heterocycles. The van der Waals surface area contributed by atoms with Crippen molar-refractivity contribution in [2.75, 3.05) is 30.0 Å². The van der Waals surface area contributed by atoms with Crippen molar-refractivity contribution in [3.05, 3.63) is 53.6 Å². The van der Waals surface area contributed by atoms with Gasteiger partial charge in [0.25, 0.3) is 5.91 Å². The number of rotatable bonds is 3. The van der Waals surface area contributed by atoms with Gasteiger partial charge in [0, 0.05) is 36.7 Å². The lowest BCUT2D eigenvalue weighted by Gasteiger charge is -2.13. The summed E-state index contributed by atoms with van der Waals surface area (Å²) in [6.45, 7) is 1.85. The van der Waals surface area contributed by atoms with Gasteiger partial charge in [-0.15, -0.1) is 0 Å². The third-order valence-corrected chi connectivity index (χ3v) is 3.26. The molecule has 0 spiro atoms. The molecule has 0 unspecified atom stereocenters. The van der Waals surface area contributed by atoms with Gasteiger partial charge in [0.1, 0.15) is 0 Å². The first-order chi connectivity index (χ1) is 9.49. The average molecular weight is 269 g/mol. The fraction of sp³-hybridized carbons (Fsp3) is 0.188. The van der Waals surface area contributed by atoms with Crippen molar-refractivity contribution < 1.29 is 4.79 Å². The largest absolute Gasteiger partial charge is 0.398 e. The lowest BCUT2D eigenvalue weighted by Crippen LogP contribution is -2.14. The minimum atomic E-state index is -0.146. The molecule has 4 heteroatoms. The third kappa shape index (κ3) is 2.91. The number of nitrogen functional groups attached to an aromatic ring is 1. The van der Waals surface area contributed by atoms with E-state index in [4.69, 9.17) is 5.73 Å². The normalized spacial score (nSPS) is 10.2. The maximum Gasteiger partial charge on any atom is 0.256 e. The molecule has 2 rings (SSSR count). The summed E-state index contributed by atoms with van der Waals surface area (Å²) in [5, 5.41) is 2.88. The second-order valence-electron chi connectivity index (χ2n) is 4.92. The van der Waals surface area contributed by atoms with Crippen molar-refractivity contribution in [2.24, 2.45) is 0 Å². The summed E-state index contributed by atoms with van der Waals surface area (Å²) in [5.74, 6) is -0.146. The zero-order valence-corrected chi connectivity index (χ0v) is 12.0. The molecule has 3 N–H and O–H groups in total. The van der Waals surface area contributed by atoms with E-state index >= 15 is 0 Å². The Bertz CT molecular complexity index is 618. The van der Waals surface area contributed by atoms with E-state index in [1.165, 1.54) is 0 Å². The number of anilines is 3. The molecule has 0 aromatic heterocycles.